The summed E-state index contributed by atoms with van der Waals surface area (Å²) >= 11 is 0. The second-order valence-electron chi connectivity index (χ2n) is 3.76. The summed E-state index contributed by atoms with van der Waals surface area (Å²) in [5, 5.41) is 22.0. The van der Waals surface area contributed by atoms with Gasteiger partial charge in [0.05, 0.1) is 6.10 Å². The predicted molar refractivity (Wildman–Crippen MR) is 54.0 cm³/mol. The molecule has 3 nitrogen and oxygen atoms in total. The third-order valence-corrected chi connectivity index (χ3v) is 2.78. The molecule has 2 atom stereocenters. The summed E-state index contributed by atoms with van der Waals surface area (Å²) in [7, 11) is 0. The normalized spacial score (nSPS) is 25.8. The Labute approximate surface area is 83.4 Å². The van der Waals surface area contributed by atoms with Crippen molar-refractivity contribution in [2.24, 2.45) is 0 Å². The molecule has 0 amide bonds. The summed E-state index contributed by atoms with van der Waals surface area (Å²) in [5.41, 5.74) is 0.881. The van der Waals surface area contributed by atoms with Crippen molar-refractivity contribution >= 4 is 0 Å². The highest BCUT2D eigenvalue weighted by Gasteiger charge is 2.27. The van der Waals surface area contributed by atoms with E-state index in [1.54, 1.807) is 12.1 Å². The molecule has 76 valence electrons. The molecule has 1 aromatic rings. The van der Waals surface area contributed by atoms with Crippen LogP contribution in [-0.2, 0) is 6.54 Å². The van der Waals surface area contributed by atoms with E-state index in [0.29, 0.717) is 12.3 Å². The number of hydrogen-bond donors (Lipinski definition) is 3. The first-order valence-electron chi connectivity index (χ1n) is 4.95. The van der Waals surface area contributed by atoms with Crippen LogP contribution >= 0.6 is 0 Å². The molecule has 1 fully saturated rings. The fourth-order valence-corrected chi connectivity index (χ4v) is 1.62. The molecule has 0 unspecified atom stereocenters. The smallest absolute Gasteiger partial charge is 0.120 e. The summed E-state index contributed by atoms with van der Waals surface area (Å²) in [4.78, 5) is 0. The van der Waals surface area contributed by atoms with Crippen LogP contribution in [0.25, 0.3) is 0 Å². The highest BCUT2D eigenvalue weighted by Crippen LogP contribution is 2.21. The molecule has 1 aliphatic carbocycles. The Kier molecular flexibility index (Phi) is 2.70. The van der Waals surface area contributed by atoms with E-state index in [1.807, 2.05) is 12.1 Å². The van der Waals surface area contributed by atoms with E-state index in [0.717, 1.165) is 18.4 Å². The zero-order valence-corrected chi connectivity index (χ0v) is 7.98. The number of phenols is 1. The minimum atomic E-state index is -0.208. The van der Waals surface area contributed by atoms with Crippen molar-refractivity contribution in [2.75, 3.05) is 0 Å². The van der Waals surface area contributed by atoms with Gasteiger partial charge in [-0.3, -0.25) is 0 Å². The molecule has 0 aliphatic heterocycles. The van der Waals surface area contributed by atoms with Gasteiger partial charge in [0.2, 0.25) is 0 Å². The quantitative estimate of drug-likeness (QED) is 0.671. The second-order valence-corrected chi connectivity index (χ2v) is 3.76. The largest absolute Gasteiger partial charge is 0.508 e. The van der Waals surface area contributed by atoms with E-state index in [-0.39, 0.29) is 12.1 Å². The SMILES string of the molecule is Oc1ccccc1CN[C@@H]1CC[C@H]1O. The Balaban J connectivity index is 1.88. The lowest BCUT2D eigenvalue weighted by molar-refractivity contribution is 0.0492. The van der Waals surface area contributed by atoms with Crippen LogP contribution in [0.4, 0.5) is 0 Å². The Morgan fingerprint density at radius 2 is 2.07 bits per heavy atom. The zero-order chi connectivity index (χ0) is 9.97. The highest BCUT2D eigenvalue weighted by atomic mass is 16.3. The van der Waals surface area contributed by atoms with Gasteiger partial charge in [-0.15, -0.1) is 0 Å². The van der Waals surface area contributed by atoms with Crippen LogP contribution in [0.2, 0.25) is 0 Å². The molecule has 0 aromatic heterocycles. The van der Waals surface area contributed by atoms with Crippen molar-refractivity contribution in [3.05, 3.63) is 29.8 Å². The molecular weight excluding hydrogens is 178 g/mol. The minimum absolute atomic E-state index is 0.203. The number of nitrogens with one attached hydrogen (secondary N) is 1. The van der Waals surface area contributed by atoms with E-state index in [9.17, 15) is 10.2 Å². The number of rotatable bonds is 3. The van der Waals surface area contributed by atoms with Gasteiger partial charge >= 0.3 is 0 Å². The van der Waals surface area contributed by atoms with Crippen molar-refractivity contribution in [3.63, 3.8) is 0 Å². The highest BCUT2D eigenvalue weighted by molar-refractivity contribution is 5.31. The molecule has 1 aliphatic rings. The summed E-state index contributed by atoms with van der Waals surface area (Å²) in [6.07, 6.45) is 1.70. The van der Waals surface area contributed by atoms with Gasteiger partial charge in [0, 0.05) is 18.2 Å². The first-order chi connectivity index (χ1) is 6.77. The fourth-order valence-electron chi connectivity index (χ4n) is 1.62. The third-order valence-electron chi connectivity index (χ3n) is 2.78. The van der Waals surface area contributed by atoms with Crippen LogP contribution in [0.15, 0.2) is 24.3 Å². The van der Waals surface area contributed by atoms with Crippen molar-refractivity contribution in [1.29, 1.82) is 0 Å². The molecule has 0 bridgehead atoms. The lowest BCUT2D eigenvalue weighted by Gasteiger charge is -2.33. The number of aromatic hydroxyl groups is 1. The number of para-hydroxylation sites is 1. The maximum Gasteiger partial charge on any atom is 0.120 e. The Morgan fingerprint density at radius 1 is 1.29 bits per heavy atom. The average Bonchev–Trinajstić information content (AvgIpc) is 2.19. The first kappa shape index (κ1) is 9.49. The molecule has 3 heteroatoms. The van der Waals surface area contributed by atoms with Gasteiger partial charge in [-0.05, 0) is 18.9 Å². The molecule has 14 heavy (non-hydrogen) atoms. The number of phenolic OH excluding ortho intramolecular Hbond substituents is 1. The maximum atomic E-state index is 9.48. The molecule has 2 rings (SSSR count). The van der Waals surface area contributed by atoms with Gasteiger partial charge in [0.25, 0.3) is 0 Å². The van der Waals surface area contributed by atoms with Gasteiger partial charge in [-0.1, -0.05) is 18.2 Å². The Morgan fingerprint density at radius 3 is 2.64 bits per heavy atom. The molecule has 0 spiro atoms. The summed E-state index contributed by atoms with van der Waals surface area (Å²) in [6.45, 7) is 0.619. The first-order valence-corrected chi connectivity index (χ1v) is 4.95. The Bertz CT molecular complexity index is 314. The average molecular weight is 193 g/mol. The molecule has 1 saturated carbocycles. The summed E-state index contributed by atoms with van der Waals surface area (Å²) in [5.74, 6) is 0.314. The number of hydrogen-bond acceptors (Lipinski definition) is 3. The monoisotopic (exact) mass is 193 g/mol. The number of aliphatic hydroxyl groups is 1. The van der Waals surface area contributed by atoms with Gasteiger partial charge in [0.1, 0.15) is 5.75 Å². The van der Waals surface area contributed by atoms with Crippen LogP contribution in [0.1, 0.15) is 18.4 Å². The van der Waals surface area contributed by atoms with Crippen LogP contribution in [-0.4, -0.2) is 22.4 Å². The summed E-state index contributed by atoms with van der Waals surface area (Å²) < 4.78 is 0. The minimum Gasteiger partial charge on any atom is -0.508 e. The van der Waals surface area contributed by atoms with Crippen LogP contribution in [0, 0.1) is 0 Å². The van der Waals surface area contributed by atoms with Crippen molar-refractivity contribution in [1.82, 2.24) is 5.32 Å². The maximum absolute atomic E-state index is 9.48. The van der Waals surface area contributed by atoms with Crippen molar-refractivity contribution in [3.8, 4) is 5.75 Å². The van der Waals surface area contributed by atoms with E-state index in [2.05, 4.69) is 5.32 Å². The predicted octanol–water partition coefficient (Wildman–Crippen LogP) is 1.01. The van der Waals surface area contributed by atoms with Crippen LogP contribution in [0.5, 0.6) is 5.75 Å². The van der Waals surface area contributed by atoms with Crippen molar-refractivity contribution < 1.29 is 10.2 Å². The van der Waals surface area contributed by atoms with Crippen LogP contribution < -0.4 is 5.32 Å². The fraction of sp³-hybridized carbons (Fsp3) is 0.455. The van der Waals surface area contributed by atoms with Gasteiger partial charge < -0.3 is 15.5 Å². The van der Waals surface area contributed by atoms with E-state index >= 15 is 0 Å². The third kappa shape index (κ3) is 1.89. The lowest BCUT2D eigenvalue weighted by Crippen LogP contribution is -2.47. The molecule has 1 aromatic carbocycles. The van der Waals surface area contributed by atoms with Crippen LogP contribution in [0.3, 0.4) is 0 Å². The van der Waals surface area contributed by atoms with E-state index < -0.39 is 0 Å². The molecule has 0 heterocycles. The number of aliphatic hydroxyl groups excluding tert-OH is 1. The second kappa shape index (κ2) is 3.98. The Hall–Kier alpha value is -1.06. The molecular formula is C11H15NO2. The number of benzene rings is 1. The standard InChI is InChI=1S/C11H15NO2/c13-10-4-2-1-3-8(10)7-12-9-5-6-11(9)14/h1-4,9,11-14H,5-7H2/t9-,11-/m1/s1. The van der Waals surface area contributed by atoms with Gasteiger partial charge in [0.15, 0.2) is 0 Å². The van der Waals surface area contributed by atoms with Gasteiger partial charge in [-0.2, -0.15) is 0 Å². The van der Waals surface area contributed by atoms with Gasteiger partial charge in [-0.25, -0.2) is 0 Å². The molecule has 0 saturated heterocycles. The zero-order valence-electron chi connectivity index (χ0n) is 7.98. The topological polar surface area (TPSA) is 52.5 Å². The summed E-state index contributed by atoms with van der Waals surface area (Å²) in [6, 6.07) is 7.46. The molecule has 3 N–H and O–H groups in total. The van der Waals surface area contributed by atoms with E-state index in [1.165, 1.54) is 0 Å². The van der Waals surface area contributed by atoms with E-state index in [4.69, 9.17) is 0 Å². The van der Waals surface area contributed by atoms with Crippen molar-refractivity contribution in [2.45, 2.75) is 31.5 Å². The molecule has 0 radical (unpaired) electrons. The lowest BCUT2D eigenvalue weighted by atomic mass is 9.89.